The van der Waals surface area contributed by atoms with Crippen LogP contribution in [0.1, 0.15) is 23.3 Å². The Morgan fingerprint density at radius 3 is 3.29 bits per heavy atom. The fourth-order valence-electron chi connectivity index (χ4n) is 1.93. The Labute approximate surface area is 101 Å². The Morgan fingerprint density at radius 2 is 2.59 bits per heavy atom. The molecule has 1 saturated heterocycles. The standard InChI is InChI=1S/C12H17N3O2/c1-17-12(16)11-7-9(4-6-14-11)15-8-10-3-2-5-13-10/h4,6-7,10,13H,2-3,5,8H2,1H3,(H,14,15). The van der Waals surface area contributed by atoms with Gasteiger partial charge < -0.3 is 15.4 Å². The van der Waals surface area contributed by atoms with Gasteiger partial charge in [-0.25, -0.2) is 9.78 Å². The third-order valence-corrected chi connectivity index (χ3v) is 2.87. The smallest absolute Gasteiger partial charge is 0.356 e. The number of hydrogen-bond acceptors (Lipinski definition) is 5. The van der Waals surface area contributed by atoms with E-state index < -0.39 is 5.97 Å². The number of nitrogens with zero attached hydrogens (tertiary/aromatic N) is 1. The topological polar surface area (TPSA) is 63.2 Å². The van der Waals surface area contributed by atoms with Gasteiger partial charge in [-0.3, -0.25) is 0 Å². The van der Waals surface area contributed by atoms with Gasteiger partial charge in [-0.15, -0.1) is 0 Å². The summed E-state index contributed by atoms with van der Waals surface area (Å²) in [4.78, 5) is 15.3. The molecule has 2 N–H and O–H groups in total. The lowest BCUT2D eigenvalue weighted by Crippen LogP contribution is -2.29. The maximum Gasteiger partial charge on any atom is 0.356 e. The summed E-state index contributed by atoms with van der Waals surface area (Å²) in [5, 5.41) is 6.70. The molecule has 1 atom stereocenters. The number of carbonyl (C=O) groups is 1. The molecule has 2 heterocycles. The van der Waals surface area contributed by atoms with Crippen LogP contribution in [0.3, 0.4) is 0 Å². The predicted molar refractivity (Wildman–Crippen MR) is 65.1 cm³/mol. The lowest BCUT2D eigenvalue weighted by molar-refractivity contribution is 0.0594. The molecule has 0 radical (unpaired) electrons. The first-order valence-electron chi connectivity index (χ1n) is 5.81. The molecular formula is C12H17N3O2. The number of carbonyl (C=O) groups excluding carboxylic acids is 1. The lowest BCUT2D eigenvalue weighted by atomic mass is 10.2. The molecule has 92 valence electrons. The summed E-state index contributed by atoms with van der Waals surface area (Å²) in [6.07, 6.45) is 4.04. The molecule has 1 aliphatic heterocycles. The highest BCUT2D eigenvalue weighted by atomic mass is 16.5. The van der Waals surface area contributed by atoms with Crippen molar-refractivity contribution in [2.75, 3.05) is 25.5 Å². The normalized spacial score (nSPS) is 19.0. The second-order valence-corrected chi connectivity index (χ2v) is 4.10. The maximum absolute atomic E-state index is 11.3. The quantitative estimate of drug-likeness (QED) is 0.763. The number of esters is 1. The van der Waals surface area contributed by atoms with Crippen molar-refractivity contribution in [3.63, 3.8) is 0 Å². The largest absolute Gasteiger partial charge is 0.464 e. The van der Waals surface area contributed by atoms with E-state index in [2.05, 4.69) is 20.4 Å². The number of aromatic nitrogens is 1. The van der Waals surface area contributed by atoms with Gasteiger partial charge in [0.05, 0.1) is 7.11 Å². The van der Waals surface area contributed by atoms with Crippen molar-refractivity contribution in [1.29, 1.82) is 0 Å². The van der Waals surface area contributed by atoms with Gasteiger partial charge in [-0.1, -0.05) is 0 Å². The molecule has 2 rings (SSSR count). The highest BCUT2D eigenvalue weighted by Crippen LogP contribution is 2.11. The van der Waals surface area contributed by atoms with Gasteiger partial charge in [0.15, 0.2) is 0 Å². The Kier molecular flexibility index (Phi) is 3.93. The van der Waals surface area contributed by atoms with E-state index in [1.807, 2.05) is 6.07 Å². The summed E-state index contributed by atoms with van der Waals surface area (Å²) in [6, 6.07) is 4.08. The first-order valence-corrected chi connectivity index (χ1v) is 5.81. The summed E-state index contributed by atoms with van der Waals surface area (Å²) >= 11 is 0. The fourth-order valence-corrected chi connectivity index (χ4v) is 1.93. The molecule has 1 aromatic rings. The molecule has 0 saturated carbocycles. The van der Waals surface area contributed by atoms with E-state index in [9.17, 15) is 4.79 Å². The van der Waals surface area contributed by atoms with Gasteiger partial charge in [0.1, 0.15) is 5.69 Å². The Hall–Kier alpha value is -1.62. The molecule has 5 nitrogen and oxygen atoms in total. The number of anilines is 1. The average molecular weight is 235 g/mol. The minimum absolute atomic E-state index is 0.330. The van der Waals surface area contributed by atoms with Gasteiger partial charge in [0.25, 0.3) is 0 Å². The summed E-state index contributed by atoms with van der Waals surface area (Å²) in [5.41, 5.74) is 1.23. The van der Waals surface area contributed by atoms with Crippen LogP contribution in [0.4, 0.5) is 5.69 Å². The minimum atomic E-state index is -0.410. The molecule has 0 bridgehead atoms. The molecule has 1 aromatic heterocycles. The van der Waals surface area contributed by atoms with Crippen molar-refractivity contribution in [2.24, 2.45) is 0 Å². The number of methoxy groups -OCH3 is 1. The van der Waals surface area contributed by atoms with E-state index in [-0.39, 0.29) is 0 Å². The number of rotatable bonds is 4. The van der Waals surface area contributed by atoms with Crippen LogP contribution >= 0.6 is 0 Å². The van der Waals surface area contributed by atoms with Crippen molar-refractivity contribution < 1.29 is 9.53 Å². The van der Waals surface area contributed by atoms with E-state index in [0.29, 0.717) is 11.7 Å². The third kappa shape index (κ3) is 3.17. The van der Waals surface area contributed by atoms with Crippen LogP contribution in [0.5, 0.6) is 0 Å². The molecule has 1 unspecified atom stereocenters. The Balaban J connectivity index is 1.93. The second kappa shape index (κ2) is 5.63. The molecule has 0 aliphatic carbocycles. The Morgan fingerprint density at radius 1 is 1.71 bits per heavy atom. The number of pyridine rings is 1. The lowest BCUT2D eigenvalue weighted by Gasteiger charge is -2.12. The van der Waals surface area contributed by atoms with Crippen molar-refractivity contribution in [3.05, 3.63) is 24.0 Å². The molecule has 0 spiro atoms. The molecular weight excluding hydrogens is 218 g/mol. The monoisotopic (exact) mass is 235 g/mol. The summed E-state index contributed by atoms with van der Waals surface area (Å²) in [5.74, 6) is -0.410. The van der Waals surface area contributed by atoms with Crippen molar-refractivity contribution >= 4 is 11.7 Å². The van der Waals surface area contributed by atoms with E-state index in [1.165, 1.54) is 20.0 Å². The van der Waals surface area contributed by atoms with E-state index >= 15 is 0 Å². The number of ether oxygens (including phenoxy) is 1. The van der Waals surface area contributed by atoms with Gasteiger partial charge in [0.2, 0.25) is 0 Å². The second-order valence-electron chi connectivity index (χ2n) is 4.10. The van der Waals surface area contributed by atoms with Crippen molar-refractivity contribution in [1.82, 2.24) is 10.3 Å². The van der Waals surface area contributed by atoms with E-state index in [1.54, 1.807) is 12.3 Å². The van der Waals surface area contributed by atoms with Crippen LogP contribution in [0.25, 0.3) is 0 Å². The SMILES string of the molecule is COC(=O)c1cc(NCC2CCCN2)ccn1. The average Bonchev–Trinajstić information content (AvgIpc) is 2.89. The highest BCUT2D eigenvalue weighted by Gasteiger charge is 2.13. The van der Waals surface area contributed by atoms with Crippen LogP contribution in [-0.2, 0) is 4.74 Å². The van der Waals surface area contributed by atoms with E-state index in [0.717, 1.165) is 18.8 Å². The number of hydrogen-bond donors (Lipinski definition) is 2. The summed E-state index contributed by atoms with van der Waals surface area (Å²) in [6.45, 7) is 1.96. The maximum atomic E-state index is 11.3. The van der Waals surface area contributed by atoms with Crippen molar-refractivity contribution in [2.45, 2.75) is 18.9 Å². The molecule has 0 amide bonds. The Bertz CT molecular complexity index is 389. The third-order valence-electron chi connectivity index (χ3n) is 2.87. The first-order chi connectivity index (χ1) is 8.29. The minimum Gasteiger partial charge on any atom is -0.464 e. The van der Waals surface area contributed by atoms with Crippen LogP contribution in [0.15, 0.2) is 18.3 Å². The zero-order chi connectivity index (χ0) is 12.1. The predicted octanol–water partition coefficient (Wildman–Crippen LogP) is 1.03. The fraction of sp³-hybridized carbons (Fsp3) is 0.500. The number of nitrogens with one attached hydrogen (secondary N) is 2. The van der Waals surface area contributed by atoms with Crippen molar-refractivity contribution in [3.8, 4) is 0 Å². The van der Waals surface area contributed by atoms with Crippen LogP contribution < -0.4 is 10.6 Å². The molecule has 1 aliphatic rings. The zero-order valence-electron chi connectivity index (χ0n) is 9.90. The zero-order valence-corrected chi connectivity index (χ0v) is 9.90. The van der Waals surface area contributed by atoms with Gasteiger partial charge in [-0.05, 0) is 31.5 Å². The van der Waals surface area contributed by atoms with Gasteiger partial charge >= 0.3 is 5.97 Å². The van der Waals surface area contributed by atoms with Crippen LogP contribution in [-0.4, -0.2) is 37.2 Å². The first kappa shape index (κ1) is 11.9. The van der Waals surface area contributed by atoms with Crippen LogP contribution in [0, 0.1) is 0 Å². The van der Waals surface area contributed by atoms with E-state index in [4.69, 9.17) is 0 Å². The highest BCUT2D eigenvalue weighted by molar-refractivity contribution is 5.88. The molecule has 17 heavy (non-hydrogen) atoms. The molecule has 1 fully saturated rings. The van der Waals surface area contributed by atoms with Gasteiger partial charge in [0, 0.05) is 24.5 Å². The summed E-state index contributed by atoms with van der Waals surface area (Å²) < 4.78 is 4.63. The van der Waals surface area contributed by atoms with Crippen LogP contribution in [0.2, 0.25) is 0 Å². The molecule has 5 heteroatoms. The van der Waals surface area contributed by atoms with Gasteiger partial charge in [-0.2, -0.15) is 0 Å². The molecule has 0 aromatic carbocycles. The summed E-state index contributed by atoms with van der Waals surface area (Å²) in [7, 11) is 1.35.